The lowest BCUT2D eigenvalue weighted by Crippen LogP contribution is -2.34. The maximum atomic E-state index is 14.1. The van der Waals surface area contributed by atoms with Crippen molar-refractivity contribution < 1.29 is 18.0 Å². The number of benzene rings is 2. The molecule has 42 heavy (non-hydrogen) atoms. The summed E-state index contributed by atoms with van der Waals surface area (Å²) in [6.07, 6.45) is 6.18. The van der Waals surface area contributed by atoms with Gasteiger partial charge in [-0.1, -0.05) is 31.5 Å². The summed E-state index contributed by atoms with van der Waals surface area (Å²) in [5.74, 6) is -0.0105. The van der Waals surface area contributed by atoms with Crippen LogP contribution < -0.4 is 10.8 Å². The van der Waals surface area contributed by atoms with Crippen molar-refractivity contribution in [2.45, 2.75) is 44.6 Å². The number of nitrogens with zero attached hydrogens (tertiary/aromatic N) is 3. The van der Waals surface area contributed by atoms with Crippen LogP contribution in [0.15, 0.2) is 65.8 Å². The number of rotatable bonds is 16. The number of halogens is 2. The molecule has 1 heterocycles. The molecule has 0 saturated heterocycles. The molecule has 0 radical (unpaired) electrons. The van der Waals surface area contributed by atoms with Gasteiger partial charge >= 0.3 is 0 Å². The van der Waals surface area contributed by atoms with Crippen LogP contribution in [-0.4, -0.2) is 61.3 Å². The largest absolute Gasteiger partial charge is 0.354 e. The van der Waals surface area contributed by atoms with Gasteiger partial charge in [-0.15, -0.1) is 0 Å². The van der Waals surface area contributed by atoms with Crippen molar-refractivity contribution in [2.24, 2.45) is 5.92 Å². The van der Waals surface area contributed by atoms with Crippen molar-refractivity contribution in [1.29, 1.82) is 0 Å². The highest BCUT2D eigenvalue weighted by Crippen LogP contribution is 2.32. The van der Waals surface area contributed by atoms with Gasteiger partial charge in [0.25, 0.3) is 5.91 Å². The molecule has 1 aliphatic rings. The van der Waals surface area contributed by atoms with E-state index in [0.717, 1.165) is 41.6 Å². The second kappa shape index (κ2) is 15.4. The third-order valence-corrected chi connectivity index (χ3v) is 9.94. The van der Waals surface area contributed by atoms with E-state index in [1.54, 1.807) is 30.6 Å². The Morgan fingerprint density at radius 3 is 2.55 bits per heavy atom. The summed E-state index contributed by atoms with van der Waals surface area (Å²) in [4.78, 5) is 25.0. The summed E-state index contributed by atoms with van der Waals surface area (Å²) in [5.41, 5.74) is 4.37. The van der Waals surface area contributed by atoms with Gasteiger partial charge in [0.1, 0.15) is 0 Å². The van der Waals surface area contributed by atoms with Gasteiger partial charge in [-0.05, 0) is 115 Å². The molecule has 12 heteroatoms. The molecule has 1 amide bonds. The molecule has 0 bridgehead atoms. The summed E-state index contributed by atoms with van der Waals surface area (Å²) >= 11 is 8.65. The number of hydroxylamine groups is 1. The van der Waals surface area contributed by atoms with Crippen LogP contribution in [0.1, 0.15) is 49.0 Å². The number of nitrogens with one attached hydrogen (secondary N) is 2. The highest BCUT2D eigenvalue weighted by molar-refractivity contribution is 14.1. The molecule has 0 atom stereocenters. The Hall–Kier alpha value is -2.29. The van der Waals surface area contributed by atoms with E-state index in [0.29, 0.717) is 41.9 Å². The maximum absolute atomic E-state index is 14.1. The molecule has 1 fully saturated rings. The standard InChI is InChI=1S/C30H37ClIN5O4S/c1-3-36(4-2)15-6-16-37(20-23-7-5-14-33-19-23)42(39,40)25-11-12-26(30(38)35-41-21-22-8-9-22)29(18-25)34-28-13-10-24(32)17-27(28)31/h5,7,10-14,17-19,22,34H,3-4,6,8-9,15-16,20-21H2,1-2H3,(H,35,38). The van der Waals surface area contributed by atoms with Gasteiger partial charge in [-0.3, -0.25) is 14.6 Å². The molecule has 9 nitrogen and oxygen atoms in total. The Balaban J connectivity index is 1.65. The minimum Gasteiger partial charge on any atom is -0.354 e. The van der Waals surface area contributed by atoms with Crippen LogP contribution in [0.4, 0.5) is 11.4 Å². The molecular weight excluding hydrogens is 689 g/mol. The van der Waals surface area contributed by atoms with E-state index >= 15 is 0 Å². The third kappa shape index (κ3) is 9.10. The number of amides is 1. The highest BCUT2D eigenvalue weighted by Gasteiger charge is 2.27. The first kappa shape index (κ1) is 32.6. The molecule has 1 aromatic heterocycles. The van der Waals surface area contributed by atoms with Gasteiger partial charge in [0.2, 0.25) is 10.0 Å². The van der Waals surface area contributed by atoms with Crippen molar-refractivity contribution in [2.75, 3.05) is 38.1 Å². The van der Waals surface area contributed by atoms with E-state index in [9.17, 15) is 13.2 Å². The Bertz CT molecular complexity index is 1450. The quantitative estimate of drug-likeness (QED) is 0.136. The topological polar surface area (TPSA) is 104 Å². The monoisotopic (exact) mass is 725 g/mol. The van der Waals surface area contributed by atoms with Crippen LogP contribution >= 0.6 is 34.2 Å². The van der Waals surface area contributed by atoms with Gasteiger partial charge in [0.05, 0.1) is 33.5 Å². The van der Waals surface area contributed by atoms with Crippen LogP contribution in [0.2, 0.25) is 5.02 Å². The molecule has 2 N–H and O–H groups in total. The van der Waals surface area contributed by atoms with Crippen LogP contribution in [-0.2, 0) is 21.4 Å². The minimum absolute atomic E-state index is 0.0637. The van der Waals surface area contributed by atoms with E-state index in [2.05, 4.69) is 57.1 Å². The summed E-state index contributed by atoms with van der Waals surface area (Å²) < 4.78 is 30.7. The predicted octanol–water partition coefficient (Wildman–Crippen LogP) is 6.08. The second-order valence-corrected chi connectivity index (χ2v) is 13.8. The summed E-state index contributed by atoms with van der Waals surface area (Å²) in [6.45, 7) is 7.72. The first-order valence-corrected chi connectivity index (χ1v) is 17.0. The van der Waals surface area contributed by atoms with Gasteiger partial charge < -0.3 is 10.2 Å². The van der Waals surface area contributed by atoms with E-state index in [1.807, 2.05) is 12.1 Å². The molecule has 1 saturated carbocycles. The Morgan fingerprint density at radius 2 is 1.88 bits per heavy atom. The number of pyridine rings is 1. The van der Waals surface area contributed by atoms with Crippen LogP contribution in [0, 0.1) is 9.49 Å². The summed E-state index contributed by atoms with van der Waals surface area (Å²) in [6, 6.07) is 13.6. The first-order valence-electron chi connectivity index (χ1n) is 14.1. The molecular formula is C30H37ClIN5O4S. The Kier molecular flexibility index (Phi) is 12.0. The number of anilines is 2. The van der Waals surface area contributed by atoms with Gasteiger partial charge in [-0.25, -0.2) is 13.9 Å². The Morgan fingerprint density at radius 1 is 1.10 bits per heavy atom. The number of sulfonamides is 1. The molecule has 4 rings (SSSR count). The van der Waals surface area contributed by atoms with E-state index in [4.69, 9.17) is 16.4 Å². The van der Waals surface area contributed by atoms with Gasteiger partial charge in [0.15, 0.2) is 0 Å². The summed E-state index contributed by atoms with van der Waals surface area (Å²) in [7, 11) is -3.95. The van der Waals surface area contributed by atoms with Gasteiger partial charge in [-0.2, -0.15) is 4.31 Å². The molecule has 1 aliphatic carbocycles. The number of hydrogen-bond acceptors (Lipinski definition) is 7. The molecule has 0 spiro atoms. The lowest BCUT2D eigenvalue weighted by Gasteiger charge is -2.25. The van der Waals surface area contributed by atoms with Gasteiger partial charge in [0, 0.05) is 29.1 Å². The average molecular weight is 726 g/mol. The number of hydrogen-bond donors (Lipinski definition) is 2. The van der Waals surface area contributed by atoms with E-state index in [-0.39, 0.29) is 17.0 Å². The number of carbonyl (C=O) groups is 1. The first-order chi connectivity index (χ1) is 20.2. The third-order valence-electron chi connectivity index (χ3n) is 7.11. The van der Waals surface area contributed by atoms with Crippen molar-refractivity contribution in [3.05, 3.63) is 80.6 Å². The van der Waals surface area contributed by atoms with E-state index < -0.39 is 15.9 Å². The van der Waals surface area contributed by atoms with Crippen molar-refractivity contribution in [3.8, 4) is 0 Å². The smallest absolute Gasteiger partial charge is 0.276 e. The van der Waals surface area contributed by atoms with Crippen molar-refractivity contribution in [3.63, 3.8) is 0 Å². The lowest BCUT2D eigenvalue weighted by molar-refractivity contribution is 0.0271. The fourth-order valence-electron chi connectivity index (χ4n) is 4.42. The molecule has 3 aromatic rings. The minimum atomic E-state index is -3.95. The maximum Gasteiger partial charge on any atom is 0.276 e. The van der Waals surface area contributed by atoms with Crippen molar-refractivity contribution in [1.82, 2.24) is 19.7 Å². The zero-order valence-corrected chi connectivity index (χ0v) is 27.6. The fraction of sp³-hybridized carbons (Fsp3) is 0.400. The molecule has 0 unspecified atom stereocenters. The highest BCUT2D eigenvalue weighted by atomic mass is 127. The summed E-state index contributed by atoms with van der Waals surface area (Å²) in [5, 5.41) is 3.63. The molecule has 226 valence electrons. The zero-order valence-electron chi connectivity index (χ0n) is 23.9. The molecule has 0 aliphatic heterocycles. The Labute approximate surface area is 267 Å². The normalized spacial score (nSPS) is 13.5. The second-order valence-electron chi connectivity index (χ2n) is 10.2. The average Bonchev–Trinajstić information content (AvgIpc) is 3.81. The number of aromatic nitrogens is 1. The van der Waals surface area contributed by atoms with Crippen LogP contribution in [0.5, 0.6) is 0 Å². The number of carbonyl (C=O) groups excluding carboxylic acids is 1. The van der Waals surface area contributed by atoms with Crippen LogP contribution in [0.25, 0.3) is 0 Å². The predicted molar refractivity (Wildman–Crippen MR) is 174 cm³/mol. The molecule has 2 aromatic carbocycles. The van der Waals surface area contributed by atoms with E-state index in [1.165, 1.54) is 22.5 Å². The SMILES string of the molecule is CCN(CC)CCCN(Cc1cccnc1)S(=O)(=O)c1ccc(C(=O)NOCC2CC2)c(Nc2ccc(I)cc2Cl)c1. The lowest BCUT2D eigenvalue weighted by atomic mass is 10.1. The zero-order chi connectivity index (χ0) is 30.1. The van der Waals surface area contributed by atoms with Crippen molar-refractivity contribution >= 4 is 61.5 Å². The fourth-order valence-corrected chi connectivity index (χ4v) is 6.82. The van der Waals surface area contributed by atoms with Crippen LogP contribution in [0.3, 0.4) is 0 Å².